The van der Waals surface area contributed by atoms with Crippen LogP contribution in [0.5, 0.6) is 11.5 Å². The number of para-hydroxylation sites is 3. The van der Waals surface area contributed by atoms with Gasteiger partial charge in [0.15, 0.2) is 5.11 Å². The molecule has 0 spiro atoms. The van der Waals surface area contributed by atoms with Crippen molar-refractivity contribution in [2.24, 2.45) is 0 Å². The monoisotopic (exact) mass is 330 g/mol. The summed E-state index contributed by atoms with van der Waals surface area (Å²) in [5, 5.41) is 6.93. The van der Waals surface area contributed by atoms with Gasteiger partial charge in [-0.3, -0.25) is 0 Å². The van der Waals surface area contributed by atoms with Crippen molar-refractivity contribution in [3.63, 3.8) is 0 Å². The van der Waals surface area contributed by atoms with E-state index < -0.39 is 0 Å². The fourth-order valence-electron chi connectivity index (χ4n) is 2.23. The maximum Gasteiger partial charge on any atom is 0.170 e. The van der Waals surface area contributed by atoms with Crippen LogP contribution in [-0.4, -0.2) is 25.4 Å². The van der Waals surface area contributed by atoms with Gasteiger partial charge in [-0.15, -0.1) is 0 Å². The van der Waals surface area contributed by atoms with Gasteiger partial charge in [0.25, 0.3) is 0 Å². The van der Waals surface area contributed by atoms with E-state index in [4.69, 9.17) is 21.7 Å². The molecule has 0 aliphatic heterocycles. The molecule has 0 atom stereocenters. The van der Waals surface area contributed by atoms with Crippen LogP contribution in [0.4, 0.5) is 5.69 Å². The maximum absolute atomic E-state index is 5.63. The Morgan fingerprint density at radius 3 is 2.48 bits per heavy atom. The van der Waals surface area contributed by atoms with Crippen molar-refractivity contribution in [1.82, 2.24) is 5.32 Å². The first-order chi connectivity index (χ1) is 11.2. The highest BCUT2D eigenvalue weighted by Crippen LogP contribution is 2.22. The first kappa shape index (κ1) is 17.1. The van der Waals surface area contributed by atoms with Gasteiger partial charge in [-0.25, -0.2) is 0 Å². The van der Waals surface area contributed by atoms with E-state index in [2.05, 4.69) is 16.7 Å². The summed E-state index contributed by atoms with van der Waals surface area (Å²) in [6, 6.07) is 15.7. The van der Waals surface area contributed by atoms with E-state index in [0.29, 0.717) is 11.7 Å². The largest absolute Gasteiger partial charge is 0.495 e. The minimum Gasteiger partial charge on any atom is -0.495 e. The van der Waals surface area contributed by atoms with Crippen molar-refractivity contribution >= 4 is 23.0 Å². The topological polar surface area (TPSA) is 42.5 Å². The Hall–Kier alpha value is -2.27. The van der Waals surface area contributed by atoms with Gasteiger partial charge >= 0.3 is 0 Å². The molecule has 0 aliphatic carbocycles. The number of ether oxygens (including phenoxy) is 2. The Bertz CT molecular complexity index is 646. The average Bonchev–Trinajstić information content (AvgIpc) is 2.57. The number of anilines is 1. The fraction of sp³-hybridized carbons (Fsp3) is 0.278. The van der Waals surface area contributed by atoms with Gasteiger partial charge in [0.2, 0.25) is 0 Å². The molecule has 23 heavy (non-hydrogen) atoms. The third-order valence-corrected chi connectivity index (χ3v) is 3.55. The van der Waals surface area contributed by atoms with E-state index in [1.807, 2.05) is 49.4 Å². The Morgan fingerprint density at radius 1 is 1.04 bits per heavy atom. The van der Waals surface area contributed by atoms with Crippen LogP contribution in [0.25, 0.3) is 0 Å². The van der Waals surface area contributed by atoms with Gasteiger partial charge in [-0.2, -0.15) is 0 Å². The van der Waals surface area contributed by atoms with Crippen LogP contribution in [0.15, 0.2) is 48.5 Å². The van der Waals surface area contributed by atoms with Gasteiger partial charge in [0, 0.05) is 6.54 Å². The lowest BCUT2D eigenvalue weighted by atomic mass is 10.1. The molecule has 4 nitrogen and oxygen atoms in total. The Morgan fingerprint density at radius 2 is 1.74 bits per heavy atom. The van der Waals surface area contributed by atoms with Gasteiger partial charge in [-0.1, -0.05) is 30.3 Å². The fourth-order valence-corrected chi connectivity index (χ4v) is 2.44. The lowest BCUT2D eigenvalue weighted by Gasteiger charge is -2.14. The normalized spacial score (nSPS) is 10.0. The summed E-state index contributed by atoms with van der Waals surface area (Å²) in [6.45, 7) is 3.38. The Labute approximate surface area is 142 Å². The van der Waals surface area contributed by atoms with Crippen molar-refractivity contribution in [3.05, 3.63) is 54.1 Å². The van der Waals surface area contributed by atoms with Crippen LogP contribution in [0, 0.1) is 0 Å². The molecule has 122 valence electrons. The SMILES string of the molecule is CCOc1ccccc1CCNC(=S)Nc1ccccc1OC. The van der Waals surface area contributed by atoms with E-state index >= 15 is 0 Å². The zero-order valence-corrected chi connectivity index (χ0v) is 14.3. The predicted octanol–water partition coefficient (Wildman–Crippen LogP) is 3.62. The smallest absolute Gasteiger partial charge is 0.170 e. The van der Waals surface area contributed by atoms with Crippen molar-refractivity contribution in [2.45, 2.75) is 13.3 Å². The number of thiocarbonyl (C=S) groups is 1. The minimum atomic E-state index is 0.573. The third-order valence-electron chi connectivity index (χ3n) is 3.31. The van der Waals surface area contributed by atoms with E-state index in [1.165, 1.54) is 5.56 Å². The summed E-state index contributed by atoms with van der Waals surface area (Å²) >= 11 is 5.33. The van der Waals surface area contributed by atoms with Crippen LogP contribution >= 0.6 is 12.2 Å². The predicted molar refractivity (Wildman–Crippen MR) is 98.5 cm³/mol. The second-order valence-corrected chi connectivity index (χ2v) is 5.28. The summed E-state index contributed by atoms with van der Waals surface area (Å²) in [4.78, 5) is 0. The molecular formula is C18H22N2O2S. The average molecular weight is 330 g/mol. The Kier molecular flexibility index (Phi) is 6.69. The second kappa shape index (κ2) is 9.00. The molecule has 2 aromatic carbocycles. The summed E-state index contributed by atoms with van der Waals surface area (Å²) in [7, 11) is 1.64. The molecule has 5 heteroatoms. The Balaban J connectivity index is 1.85. The van der Waals surface area contributed by atoms with Crippen molar-refractivity contribution in [2.75, 3.05) is 25.6 Å². The molecular weight excluding hydrogens is 308 g/mol. The molecule has 0 fully saturated rings. The molecule has 0 heterocycles. The number of nitrogens with one attached hydrogen (secondary N) is 2. The second-order valence-electron chi connectivity index (χ2n) is 4.87. The zero-order chi connectivity index (χ0) is 16.5. The lowest BCUT2D eigenvalue weighted by molar-refractivity contribution is 0.336. The summed E-state index contributed by atoms with van der Waals surface area (Å²) in [5.74, 6) is 1.69. The van der Waals surface area contributed by atoms with E-state index in [1.54, 1.807) is 7.11 Å². The molecule has 0 aromatic heterocycles. The summed E-state index contributed by atoms with van der Waals surface area (Å²) in [6.07, 6.45) is 0.837. The van der Waals surface area contributed by atoms with Crippen molar-refractivity contribution in [3.8, 4) is 11.5 Å². The minimum absolute atomic E-state index is 0.573. The number of methoxy groups -OCH3 is 1. The van der Waals surface area contributed by atoms with Crippen LogP contribution in [-0.2, 0) is 6.42 Å². The first-order valence-electron chi connectivity index (χ1n) is 7.63. The third kappa shape index (κ3) is 5.14. The van der Waals surface area contributed by atoms with Crippen molar-refractivity contribution < 1.29 is 9.47 Å². The molecule has 0 radical (unpaired) electrons. The molecule has 0 aliphatic rings. The highest BCUT2D eigenvalue weighted by molar-refractivity contribution is 7.80. The number of rotatable bonds is 7. The summed E-state index contributed by atoms with van der Waals surface area (Å²) < 4.78 is 10.9. The van der Waals surface area contributed by atoms with Gasteiger partial charge < -0.3 is 20.1 Å². The van der Waals surface area contributed by atoms with Gasteiger partial charge in [0.05, 0.1) is 19.4 Å². The molecule has 0 amide bonds. The van der Waals surface area contributed by atoms with Crippen LogP contribution in [0.1, 0.15) is 12.5 Å². The number of hydrogen-bond acceptors (Lipinski definition) is 3. The standard InChI is InChI=1S/C18H22N2O2S/c1-3-22-16-10-6-4-8-14(16)12-13-19-18(23)20-15-9-5-7-11-17(15)21-2/h4-11H,3,12-13H2,1-2H3,(H2,19,20,23). The van der Waals surface area contributed by atoms with E-state index in [-0.39, 0.29) is 0 Å². The number of benzene rings is 2. The molecule has 2 aromatic rings. The zero-order valence-electron chi connectivity index (χ0n) is 13.5. The maximum atomic E-state index is 5.63. The molecule has 0 saturated heterocycles. The molecule has 2 rings (SSSR count). The van der Waals surface area contributed by atoms with Crippen LogP contribution in [0.2, 0.25) is 0 Å². The first-order valence-corrected chi connectivity index (χ1v) is 8.04. The molecule has 0 saturated carbocycles. The molecule has 2 N–H and O–H groups in total. The van der Waals surface area contributed by atoms with Crippen molar-refractivity contribution in [1.29, 1.82) is 0 Å². The van der Waals surface area contributed by atoms with Gasteiger partial charge in [0.1, 0.15) is 11.5 Å². The van der Waals surface area contributed by atoms with E-state index in [0.717, 1.165) is 30.2 Å². The van der Waals surface area contributed by atoms with Gasteiger partial charge in [-0.05, 0) is 49.3 Å². The highest BCUT2D eigenvalue weighted by Gasteiger charge is 2.05. The number of hydrogen-bond donors (Lipinski definition) is 2. The molecule has 0 bridgehead atoms. The quantitative estimate of drug-likeness (QED) is 0.759. The lowest BCUT2D eigenvalue weighted by Crippen LogP contribution is -2.30. The van der Waals surface area contributed by atoms with E-state index in [9.17, 15) is 0 Å². The summed E-state index contributed by atoms with van der Waals surface area (Å²) in [5.41, 5.74) is 2.02. The van der Waals surface area contributed by atoms with Crippen LogP contribution < -0.4 is 20.1 Å². The molecule has 0 unspecified atom stereocenters. The van der Waals surface area contributed by atoms with Crippen LogP contribution in [0.3, 0.4) is 0 Å². The highest BCUT2D eigenvalue weighted by atomic mass is 32.1.